The maximum atomic E-state index is 2.30. The molecule has 0 heteroatoms. The number of benzene rings is 2. The van der Waals surface area contributed by atoms with Gasteiger partial charge in [0.25, 0.3) is 0 Å². The normalized spacial score (nSPS) is 12.4. The topological polar surface area (TPSA) is 0 Å². The molecule has 0 saturated heterocycles. The van der Waals surface area contributed by atoms with E-state index in [0.717, 1.165) is 6.42 Å². The molecular weight excluding hydrogens is 204 g/mol. The Kier molecular flexibility index (Phi) is 3.63. The molecule has 88 valence electrons. The van der Waals surface area contributed by atoms with E-state index in [-0.39, 0.29) is 0 Å². The maximum Gasteiger partial charge on any atom is -0.0150 e. The Morgan fingerprint density at radius 2 is 1.53 bits per heavy atom. The van der Waals surface area contributed by atoms with E-state index in [0.29, 0.717) is 5.92 Å². The van der Waals surface area contributed by atoms with Crippen LogP contribution in [0.25, 0.3) is 0 Å². The van der Waals surface area contributed by atoms with Crippen molar-refractivity contribution in [2.45, 2.75) is 33.1 Å². The van der Waals surface area contributed by atoms with Gasteiger partial charge in [-0.3, -0.25) is 0 Å². The van der Waals surface area contributed by atoms with Crippen LogP contribution in [0.2, 0.25) is 0 Å². The van der Waals surface area contributed by atoms with Crippen molar-refractivity contribution >= 4 is 0 Å². The van der Waals surface area contributed by atoms with Crippen molar-refractivity contribution in [3.63, 3.8) is 0 Å². The third kappa shape index (κ3) is 3.20. The molecule has 1 atom stereocenters. The van der Waals surface area contributed by atoms with Crippen molar-refractivity contribution in [1.82, 2.24) is 0 Å². The first kappa shape index (κ1) is 11.9. The minimum Gasteiger partial charge on any atom is -0.0617 e. The van der Waals surface area contributed by atoms with E-state index in [1.165, 1.54) is 22.3 Å². The lowest BCUT2D eigenvalue weighted by Gasteiger charge is -2.13. The van der Waals surface area contributed by atoms with Gasteiger partial charge in [0, 0.05) is 0 Å². The maximum absolute atomic E-state index is 2.30. The van der Waals surface area contributed by atoms with Crippen LogP contribution in [0.15, 0.2) is 48.5 Å². The first-order valence-electron chi connectivity index (χ1n) is 6.27. The molecular formula is C17H20. The monoisotopic (exact) mass is 224 g/mol. The quantitative estimate of drug-likeness (QED) is 0.712. The molecule has 0 nitrogen and oxygen atoms in total. The van der Waals surface area contributed by atoms with Gasteiger partial charge in [0.15, 0.2) is 0 Å². The van der Waals surface area contributed by atoms with E-state index in [2.05, 4.69) is 69.3 Å². The highest BCUT2D eigenvalue weighted by Gasteiger charge is 2.06. The summed E-state index contributed by atoms with van der Waals surface area (Å²) >= 11 is 0. The number of aryl methyl sites for hydroxylation is 2. The zero-order chi connectivity index (χ0) is 12.3. The molecule has 0 bridgehead atoms. The molecule has 2 aromatic carbocycles. The molecule has 0 saturated carbocycles. The number of rotatable bonds is 3. The summed E-state index contributed by atoms with van der Waals surface area (Å²) in [5, 5.41) is 0. The van der Waals surface area contributed by atoms with Crippen LogP contribution >= 0.6 is 0 Å². The molecule has 0 heterocycles. The minimum atomic E-state index is 0.580. The first-order valence-corrected chi connectivity index (χ1v) is 6.27. The molecule has 0 aliphatic heterocycles. The largest absolute Gasteiger partial charge is 0.0617 e. The summed E-state index contributed by atoms with van der Waals surface area (Å²) in [7, 11) is 0. The van der Waals surface area contributed by atoms with Crippen LogP contribution in [-0.2, 0) is 6.42 Å². The van der Waals surface area contributed by atoms with Crippen LogP contribution in [0.3, 0.4) is 0 Å². The Bertz CT molecular complexity index is 497. The van der Waals surface area contributed by atoms with E-state index < -0.39 is 0 Å². The average molecular weight is 224 g/mol. The number of hydrogen-bond acceptors (Lipinski definition) is 0. The fourth-order valence-corrected chi connectivity index (χ4v) is 2.29. The van der Waals surface area contributed by atoms with Crippen molar-refractivity contribution in [3.05, 3.63) is 70.8 Å². The molecule has 0 radical (unpaired) electrons. The highest BCUT2D eigenvalue weighted by atomic mass is 14.1. The van der Waals surface area contributed by atoms with Crippen molar-refractivity contribution in [2.75, 3.05) is 0 Å². The van der Waals surface area contributed by atoms with E-state index >= 15 is 0 Å². The van der Waals surface area contributed by atoms with Gasteiger partial charge in [-0.25, -0.2) is 0 Å². The highest BCUT2D eigenvalue weighted by Crippen LogP contribution is 2.21. The van der Waals surface area contributed by atoms with Gasteiger partial charge >= 0.3 is 0 Å². The van der Waals surface area contributed by atoms with Crippen LogP contribution in [-0.4, -0.2) is 0 Å². The second-order valence-corrected chi connectivity index (χ2v) is 5.01. The van der Waals surface area contributed by atoms with E-state index in [4.69, 9.17) is 0 Å². The highest BCUT2D eigenvalue weighted by molar-refractivity contribution is 5.28. The third-order valence-corrected chi connectivity index (χ3v) is 3.24. The van der Waals surface area contributed by atoms with Crippen molar-refractivity contribution in [3.8, 4) is 0 Å². The third-order valence-electron chi connectivity index (χ3n) is 3.24. The lowest BCUT2D eigenvalue weighted by molar-refractivity contribution is 0.758. The Balaban J connectivity index is 2.14. The molecule has 17 heavy (non-hydrogen) atoms. The van der Waals surface area contributed by atoms with Crippen LogP contribution in [0.4, 0.5) is 0 Å². The molecule has 0 aliphatic carbocycles. The molecule has 0 spiro atoms. The molecule has 2 aromatic rings. The van der Waals surface area contributed by atoms with E-state index in [9.17, 15) is 0 Å². The second-order valence-electron chi connectivity index (χ2n) is 5.01. The van der Waals surface area contributed by atoms with E-state index in [1.807, 2.05) is 0 Å². The lowest BCUT2D eigenvalue weighted by atomic mass is 9.92. The Morgan fingerprint density at radius 1 is 0.882 bits per heavy atom. The molecule has 0 aromatic heterocycles. The van der Waals surface area contributed by atoms with Crippen molar-refractivity contribution < 1.29 is 0 Å². The Hall–Kier alpha value is -1.56. The SMILES string of the molecule is Cc1cccc(C[C@@H](C)c2cccc(C)c2)c1. The van der Waals surface area contributed by atoms with Crippen molar-refractivity contribution in [1.29, 1.82) is 0 Å². The fraction of sp³-hybridized carbons (Fsp3) is 0.294. The predicted molar refractivity (Wildman–Crippen MR) is 74.5 cm³/mol. The molecule has 2 rings (SSSR count). The number of hydrogen-bond donors (Lipinski definition) is 0. The fourth-order valence-electron chi connectivity index (χ4n) is 2.29. The summed E-state index contributed by atoms with van der Waals surface area (Å²) in [5.41, 5.74) is 5.56. The standard InChI is InChI=1S/C17H20/c1-13-6-4-8-16(10-13)12-15(3)17-9-5-7-14(2)11-17/h4-11,15H,12H2,1-3H3/t15-/m1/s1. The van der Waals surface area contributed by atoms with Gasteiger partial charge < -0.3 is 0 Å². The summed E-state index contributed by atoms with van der Waals surface area (Å²) in [6.07, 6.45) is 1.12. The average Bonchev–Trinajstić information content (AvgIpc) is 2.29. The van der Waals surface area contributed by atoms with Crippen molar-refractivity contribution in [2.24, 2.45) is 0 Å². The minimum absolute atomic E-state index is 0.580. The summed E-state index contributed by atoms with van der Waals surface area (Å²) in [4.78, 5) is 0. The van der Waals surface area contributed by atoms with Gasteiger partial charge in [-0.15, -0.1) is 0 Å². The first-order chi connectivity index (χ1) is 8.15. The van der Waals surface area contributed by atoms with Gasteiger partial charge in [-0.2, -0.15) is 0 Å². The lowest BCUT2D eigenvalue weighted by Crippen LogP contribution is -1.99. The van der Waals surface area contributed by atoms with Crippen LogP contribution < -0.4 is 0 Å². The molecule has 0 unspecified atom stereocenters. The molecule has 0 fully saturated rings. The van der Waals surface area contributed by atoms with Crippen LogP contribution in [0.5, 0.6) is 0 Å². The summed E-state index contributed by atoms with van der Waals surface area (Å²) in [6.45, 7) is 6.61. The van der Waals surface area contributed by atoms with Gasteiger partial charge in [0.05, 0.1) is 0 Å². The van der Waals surface area contributed by atoms with Gasteiger partial charge in [0.2, 0.25) is 0 Å². The summed E-state index contributed by atoms with van der Waals surface area (Å²) in [5.74, 6) is 0.580. The van der Waals surface area contributed by atoms with Gasteiger partial charge in [-0.05, 0) is 37.3 Å². The zero-order valence-electron chi connectivity index (χ0n) is 10.9. The van der Waals surface area contributed by atoms with Crippen LogP contribution in [0, 0.1) is 13.8 Å². The van der Waals surface area contributed by atoms with Gasteiger partial charge in [0.1, 0.15) is 0 Å². The molecule has 0 amide bonds. The summed E-state index contributed by atoms with van der Waals surface area (Å²) in [6, 6.07) is 17.6. The predicted octanol–water partition coefficient (Wildman–Crippen LogP) is 4.65. The Labute approximate surface area is 104 Å². The smallest absolute Gasteiger partial charge is 0.0150 e. The molecule has 0 aliphatic rings. The summed E-state index contributed by atoms with van der Waals surface area (Å²) < 4.78 is 0. The van der Waals surface area contributed by atoms with Gasteiger partial charge in [-0.1, -0.05) is 66.6 Å². The zero-order valence-corrected chi connectivity index (χ0v) is 10.9. The van der Waals surface area contributed by atoms with Crippen LogP contribution in [0.1, 0.15) is 35.1 Å². The second kappa shape index (κ2) is 5.18. The van der Waals surface area contributed by atoms with E-state index in [1.54, 1.807) is 0 Å². The Morgan fingerprint density at radius 3 is 2.18 bits per heavy atom. The molecule has 0 N–H and O–H groups in total.